The van der Waals surface area contributed by atoms with E-state index in [0.29, 0.717) is 29.7 Å². The lowest BCUT2D eigenvalue weighted by Gasteiger charge is -2.29. The number of benzene rings is 1. The van der Waals surface area contributed by atoms with Crippen LogP contribution in [0.4, 0.5) is 8.78 Å². The summed E-state index contributed by atoms with van der Waals surface area (Å²) >= 11 is 0. The van der Waals surface area contributed by atoms with E-state index in [1.165, 1.54) is 13.2 Å². The highest BCUT2D eigenvalue weighted by Crippen LogP contribution is 2.26. The molecule has 0 bridgehead atoms. The van der Waals surface area contributed by atoms with Crippen LogP contribution in [0, 0.1) is 5.92 Å². The van der Waals surface area contributed by atoms with Crippen molar-refractivity contribution < 1.29 is 23.0 Å². The molecule has 1 heterocycles. The lowest BCUT2D eigenvalue weighted by Crippen LogP contribution is -2.44. The first kappa shape index (κ1) is 26.6. The summed E-state index contributed by atoms with van der Waals surface area (Å²) in [4.78, 5) is 6.92. The van der Waals surface area contributed by atoms with Crippen LogP contribution in [0.2, 0.25) is 0 Å². The molecule has 10 heteroatoms. The Morgan fingerprint density at radius 2 is 2.00 bits per heavy atom. The fourth-order valence-electron chi connectivity index (χ4n) is 3.08. The Balaban J connectivity index is 0.00000450. The minimum atomic E-state index is -2.89. The molecule has 2 N–H and O–H groups in total. The number of halogens is 3. The Labute approximate surface area is 194 Å². The first-order valence-corrected chi connectivity index (χ1v) is 9.95. The largest absolute Gasteiger partial charge is 0.497 e. The summed E-state index contributed by atoms with van der Waals surface area (Å²) in [6.07, 6.45) is 0. The average Bonchev–Trinajstić information content (AvgIpc) is 2.71. The normalized spacial score (nSPS) is 16.0. The zero-order valence-corrected chi connectivity index (χ0v) is 20.2. The van der Waals surface area contributed by atoms with Crippen molar-refractivity contribution in [3.8, 4) is 11.5 Å². The fourth-order valence-corrected chi connectivity index (χ4v) is 3.08. The van der Waals surface area contributed by atoms with Crippen molar-refractivity contribution in [2.24, 2.45) is 10.9 Å². The zero-order chi connectivity index (χ0) is 21.1. The molecule has 1 saturated heterocycles. The number of alkyl halides is 2. The molecule has 0 amide bonds. The number of ether oxygens (including phenoxy) is 3. The molecule has 1 aliphatic rings. The third-order valence-electron chi connectivity index (χ3n) is 4.53. The standard InChI is InChI=1S/C20H32F2N4O3.HI/c1-4-23-20(24-12-15(2)14-26-7-9-28-10-8-26)25-13-16-11-17(27-3)5-6-18(16)29-19(21)22;/h5-6,11,15,19H,4,7-10,12-14H2,1-3H3,(H2,23,24,25);1H. The van der Waals surface area contributed by atoms with Gasteiger partial charge in [-0.15, -0.1) is 24.0 Å². The second-order valence-corrected chi connectivity index (χ2v) is 6.95. The van der Waals surface area contributed by atoms with Crippen LogP contribution >= 0.6 is 24.0 Å². The van der Waals surface area contributed by atoms with Crippen molar-refractivity contribution in [3.63, 3.8) is 0 Å². The smallest absolute Gasteiger partial charge is 0.387 e. The summed E-state index contributed by atoms with van der Waals surface area (Å²) < 4.78 is 40.5. The Morgan fingerprint density at radius 3 is 2.63 bits per heavy atom. The molecule has 0 aliphatic carbocycles. The Bertz CT molecular complexity index is 646. The predicted octanol–water partition coefficient (Wildman–Crippen LogP) is 2.94. The highest BCUT2D eigenvalue weighted by Gasteiger charge is 2.14. The Morgan fingerprint density at radius 1 is 1.27 bits per heavy atom. The minimum absolute atomic E-state index is 0. The van der Waals surface area contributed by atoms with E-state index < -0.39 is 6.61 Å². The van der Waals surface area contributed by atoms with E-state index in [4.69, 9.17) is 9.47 Å². The molecule has 1 aromatic rings. The van der Waals surface area contributed by atoms with Gasteiger partial charge in [0.25, 0.3) is 0 Å². The van der Waals surface area contributed by atoms with E-state index in [1.807, 2.05) is 6.92 Å². The minimum Gasteiger partial charge on any atom is -0.497 e. The Hall–Kier alpha value is -1.40. The monoisotopic (exact) mass is 542 g/mol. The molecule has 0 aromatic heterocycles. The number of rotatable bonds is 10. The predicted molar refractivity (Wildman–Crippen MR) is 124 cm³/mol. The second kappa shape index (κ2) is 14.6. The van der Waals surface area contributed by atoms with Gasteiger partial charge in [-0.3, -0.25) is 4.90 Å². The SMILES string of the molecule is CCNC(=NCc1cc(OC)ccc1OC(F)F)NCC(C)CN1CCOCC1.I. The van der Waals surface area contributed by atoms with E-state index in [0.717, 1.165) is 39.4 Å². The van der Waals surface area contributed by atoms with Crippen LogP contribution in [0.5, 0.6) is 11.5 Å². The van der Waals surface area contributed by atoms with Crippen LogP contribution in [-0.2, 0) is 11.3 Å². The quantitative estimate of drug-likeness (QED) is 0.270. The summed E-state index contributed by atoms with van der Waals surface area (Å²) in [6.45, 7) is 7.38. The third-order valence-corrected chi connectivity index (χ3v) is 4.53. The molecule has 1 aromatic carbocycles. The van der Waals surface area contributed by atoms with Crippen molar-refractivity contribution in [3.05, 3.63) is 23.8 Å². The van der Waals surface area contributed by atoms with Gasteiger partial charge in [-0.1, -0.05) is 6.92 Å². The van der Waals surface area contributed by atoms with E-state index >= 15 is 0 Å². The van der Waals surface area contributed by atoms with Crippen molar-refractivity contribution in [1.82, 2.24) is 15.5 Å². The van der Waals surface area contributed by atoms with Crippen LogP contribution in [0.1, 0.15) is 19.4 Å². The van der Waals surface area contributed by atoms with Gasteiger partial charge in [-0.25, -0.2) is 4.99 Å². The lowest BCUT2D eigenvalue weighted by atomic mass is 10.1. The molecule has 7 nitrogen and oxygen atoms in total. The van der Waals surface area contributed by atoms with Gasteiger partial charge < -0.3 is 24.8 Å². The summed E-state index contributed by atoms with van der Waals surface area (Å²) in [5, 5.41) is 6.52. The molecular formula is C20H33F2IN4O3. The number of hydrogen-bond donors (Lipinski definition) is 2. The first-order chi connectivity index (χ1) is 14.0. The van der Waals surface area contributed by atoms with Crippen molar-refractivity contribution in [2.75, 3.05) is 53.0 Å². The molecule has 1 atom stereocenters. The highest BCUT2D eigenvalue weighted by molar-refractivity contribution is 14.0. The number of aliphatic imine (C=N–C) groups is 1. The van der Waals surface area contributed by atoms with Gasteiger partial charge >= 0.3 is 6.61 Å². The average molecular weight is 542 g/mol. The number of hydrogen-bond acceptors (Lipinski definition) is 5. The Kier molecular flexibility index (Phi) is 12.9. The zero-order valence-electron chi connectivity index (χ0n) is 17.8. The van der Waals surface area contributed by atoms with E-state index in [-0.39, 0.29) is 36.3 Å². The molecule has 1 fully saturated rings. The van der Waals surface area contributed by atoms with Gasteiger partial charge in [-0.05, 0) is 31.0 Å². The maximum atomic E-state index is 12.7. The topological polar surface area (TPSA) is 67.4 Å². The summed E-state index contributed by atoms with van der Waals surface area (Å²) in [5.74, 6) is 1.72. The van der Waals surface area contributed by atoms with Crippen molar-refractivity contribution in [1.29, 1.82) is 0 Å². The highest BCUT2D eigenvalue weighted by atomic mass is 127. The molecule has 172 valence electrons. The van der Waals surface area contributed by atoms with Crippen LogP contribution in [0.25, 0.3) is 0 Å². The molecular weight excluding hydrogens is 509 g/mol. The number of nitrogens with zero attached hydrogens (tertiary/aromatic N) is 2. The van der Waals surface area contributed by atoms with Crippen molar-refractivity contribution in [2.45, 2.75) is 27.0 Å². The summed E-state index contributed by atoms with van der Waals surface area (Å²) in [6, 6.07) is 4.72. The molecule has 0 spiro atoms. The molecule has 1 unspecified atom stereocenters. The van der Waals surface area contributed by atoms with E-state index in [2.05, 4.69) is 32.2 Å². The molecule has 2 rings (SSSR count). The van der Waals surface area contributed by atoms with Gasteiger partial charge in [0.15, 0.2) is 5.96 Å². The maximum Gasteiger partial charge on any atom is 0.387 e. The van der Waals surface area contributed by atoms with Gasteiger partial charge in [0.1, 0.15) is 11.5 Å². The third kappa shape index (κ3) is 9.61. The number of nitrogens with one attached hydrogen (secondary N) is 2. The number of methoxy groups -OCH3 is 1. The summed E-state index contributed by atoms with van der Waals surface area (Å²) in [7, 11) is 1.53. The molecule has 0 radical (unpaired) electrons. The van der Waals surface area contributed by atoms with Gasteiger partial charge in [0, 0.05) is 38.3 Å². The van der Waals surface area contributed by atoms with Gasteiger partial charge in [0.05, 0.1) is 26.9 Å². The lowest BCUT2D eigenvalue weighted by molar-refractivity contribution is -0.0504. The van der Waals surface area contributed by atoms with E-state index in [9.17, 15) is 8.78 Å². The molecule has 30 heavy (non-hydrogen) atoms. The molecule has 0 saturated carbocycles. The van der Waals surface area contributed by atoms with Crippen LogP contribution in [-0.4, -0.2) is 70.5 Å². The van der Waals surface area contributed by atoms with Gasteiger partial charge in [-0.2, -0.15) is 8.78 Å². The summed E-state index contributed by atoms with van der Waals surface area (Å²) in [5.41, 5.74) is 0.531. The van der Waals surface area contributed by atoms with Crippen LogP contribution in [0.3, 0.4) is 0 Å². The second-order valence-electron chi connectivity index (χ2n) is 6.95. The van der Waals surface area contributed by atoms with Gasteiger partial charge in [0.2, 0.25) is 0 Å². The van der Waals surface area contributed by atoms with E-state index in [1.54, 1.807) is 12.1 Å². The molecule has 1 aliphatic heterocycles. The van der Waals surface area contributed by atoms with Crippen LogP contribution < -0.4 is 20.1 Å². The maximum absolute atomic E-state index is 12.7. The van der Waals surface area contributed by atoms with Crippen LogP contribution in [0.15, 0.2) is 23.2 Å². The van der Waals surface area contributed by atoms with Crippen molar-refractivity contribution >= 4 is 29.9 Å². The number of guanidine groups is 1. The fraction of sp³-hybridized carbons (Fsp3) is 0.650. The first-order valence-electron chi connectivity index (χ1n) is 9.95. The number of morpholine rings is 1.